The average Bonchev–Trinajstić information content (AvgIpc) is 2.68. The minimum atomic E-state index is -0.0829. The van der Waals surface area contributed by atoms with Gasteiger partial charge in [0.1, 0.15) is 11.5 Å². The van der Waals surface area contributed by atoms with Crippen LogP contribution in [-0.4, -0.2) is 12.5 Å². The Bertz CT molecular complexity index is 902. The standard InChI is InChI=1S/C22H19Br2NO2/c1-15-20(23)13-17(14-21(15)24)22(26)25-12-11-16-7-9-19(10-8-16)27-18-5-3-2-4-6-18/h2-10,13-14H,11-12H2,1H3,(H,25,26). The summed E-state index contributed by atoms with van der Waals surface area (Å²) in [6.45, 7) is 2.56. The molecule has 0 fully saturated rings. The van der Waals surface area contributed by atoms with Crippen molar-refractivity contribution in [2.24, 2.45) is 0 Å². The molecule has 0 aliphatic rings. The van der Waals surface area contributed by atoms with Gasteiger partial charge in [-0.2, -0.15) is 0 Å². The van der Waals surface area contributed by atoms with Crippen LogP contribution in [0.4, 0.5) is 0 Å². The number of amides is 1. The van der Waals surface area contributed by atoms with E-state index in [0.29, 0.717) is 12.1 Å². The van der Waals surface area contributed by atoms with Crippen molar-refractivity contribution in [1.82, 2.24) is 5.32 Å². The van der Waals surface area contributed by atoms with Crippen molar-refractivity contribution in [3.05, 3.63) is 92.4 Å². The van der Waals surface area contributed by atoms with Crippen molar-refractivity contribution in [3.8, 4) is 11.5 Å². The van der Waals surface area contributed by atoms with Crippen LogP contribution in [0.3, 0.4) is 0 Å². The van der Waals surface area contributed by atoms with Crippen molar-refractivity contribution >= 4 is 37.8 Å². The van der Waals surface area contributed by atoms with Gasteiger partial charge in [0.15, 0.2) is 0 Å². The summed E-state index contributed by atoms with van der Waals surface area (Å²) in [5.74, 6) is 1.52. The van der Waals surface area contributed by atoms with Crippen molar-refractivity contribution in [3.63, 3.8) is 0 Å². The van der Waals surface area contributed by atoms with Gasteiger partial charge in [-0.05, 0) is 60.9 Å². The van der Waals surface area contributed by atoms with Gasteiger partial charge in [-0.15, -0.1) is 0 Å². The first-order chi connectivity index (χ1) is 13.0. The lowest BCUT2D eigenvalue weighted by atomic mass is 10.1. The topological polar surface area (TPSA) is 38.3 Å². The normalized spacial score (nSPS) is 10.5. The molecule has 138 valence electrons. The third kappa shape index (κ3) is 5.44. The molecule has 1 amide bonds. The number of halogens is 2. The fraction of sp³-hybridized carbons (Fsp3) is 0.136. The molecule has 0 saturated carbocycles. The zero-order chi connectivity index (χ0) is 19.2. The summed E-state index contributed by atoms with van der Waals surface area (Å²) in [7, 11) is 0. The Labute approximate surface area is 176 Å². The van der Waals surface area contributed by atoms with Gasteiger partial charge in [-0.3, -0.25) is 4.79 Å². The smallest absolute Gasteiger partial charge is 0.251 e. The Morgan fingerprint density at radius 2 is 1.52 bits per heavy atom. The zero-order valence-electron chi connectivity index (χ0n) is 14.8. The molecule has 0 bridgehead atoms. The molecule has 0 saturated heterocycles. The van der Waals surface area contributed by atoms with Gasteiger partial charge < -0.3 is 10.1 Å². The van der Waals surface area contributed by atoms with Crippen LogP contribution in [0.1, 0.15) is 21.5 Å². The molecule has 27 heavy (non-hydrogen) atoms. The summed E-state index contributed by atoms with van der Waals surface area (Å²) in [5, 5.41) is 2.96. The number of nitrogens with one attached hydrogen (secondary N) is 1. The maximum atomic E-state index is 12.3. The van der Waals surface area contributed by atoms with E-state index in [-0.39, 0.29) is 5.91 Å². The highest BCUT2D eigenvalue weighted by molar-refractivity contribution is 9.11. The molecule has 0 aromatic heterocycles. The quantitative estimate of drug-likeness (QED) is 0.443. The van der Waals surface area contributed by atoms with Crippen LogP contribution >= 0.6 is 31.9 Å². The average molecular weight is 489 g/mol. The highest BCUT2D eigenvalue weighted by Crippen LogP contribution is 2.26. The summed E-state index contributed by atoms with van der Waals surface area (Å²) in [4.78, 5) is 12.3. The molecule has 5 heteroatoms. The van der Waals surface area contributed by atoms with Gasteiger partial charge in [0.05, 0.1) is 0 Å². The molecule has 0 unspecified atom stereocenters. The Kier molecular flexibility index (Phi) is 6.69. The monoisotopic (exact) mass is 487 g/mol. The van der Waals surface area contributed by atoms with Gasteiger partial charge in [0.25, 0.3) is 5.91 Å². The lowest BCUT2D eigenvalue weighted by Crippen LogP contribution is -2.25. The van der Waals surface area contributed by atoms with Crippen LogP contribution in [0.15, 0.2) is 75.7 Å². The van der Waals surface area contributed by atoms with Crippen LogP contribution < -0.4 is 10.1 Å². The van der Waals surface area contributed by atoms with Gasteiger partial charge in [0, 0.05) is 21.1 Å². The SMILES string of the molecule is Cc1c(Br)cc(C(=O)NCCc2ccc(Oc3ccccc3)cc2)cc1Br. The molecule has 3 nitrogen and oxygen atoms in total. The van der Waals surface area contributed by atoms with Gasteiger partial charge in [-0.25, -0.2) is 0 Å². The van der Waals surface area contributed by atoms with E-state index in [1.54, 1.807) is 0 Å². The molecule has 3 aromatic carbocycles. The van der Waals surface area contributed by atoms with Gasteiger partial charge in [0.2, 0.25) is 0 Å². The number of carbonyl (C=O) groups is 1. The second-order valence-electron chi connectivity index (χ2n) is 6.13. The first-order valence-corrected chi connectivity index (χ1v) is 10.2. The number of para-hydroxylation sites is 1. The third-order valence-corrected chi connectivity index (χ3v) is 5.79. The summed E-state index contributed by atoms with van der Waals surface area (Å²) < 4.78 is 7.61. The first-order valence-electron chi connectivity index (χ1n) is 8.58. The Morgan fingerprint density at radius 1 is 0.926 bits per heavy atom. The Morgan fingerprint density at radius 3 is 2.15 bits per heavy atom. The molecule has 0 heterocycles. The maximum absolute atomic E-state index is 12.3. The molecule has 0 aliphatic carbocycles. The second-order valence-corrected chi connectivity index (χ2v) is 7.84. The lowest BCUT2D eigenvalue weighted by molar-refractivity contribution is 0.0954. The molecule has 1 N–H and O–H groups in total. The van der Waals surface area contributed by atoms with Gasteiger partial charge in [-0.1, -0.05) is 62.2 Å². The van der Waals surface area contributed by atoms with E-state index in [4.69, 9.17) is 4.74 Å². The molecule has 3 aromatic rings. The first kappa shape index (κ1) is 19.6. The van der Waals surface area contributed by atoms with E-state index in [1.807, 2.05) is 73.7 Å². The van der Waals surface area contributed by atoms with Crippen LogP contribution in [0.2, 0.25) is 0 Å². The number of carbonyl (C=O) groups excluding carboxylic acids is 1. The fourth-order valence-electron chi connectivity index (χ4n) is 2.55. The van der Waals surface area contributed by atoms with Crippen LogP contribution in [-0.2, 0) is 6.42 Å². The second kappa shape index (κ2) is 9.20. The van der Waals surface area contributed by atoms with Gasteiger partial charge >= 0.3 is 0 Å². The van der Waals surface area contributed by atoms with Crippen molar-refractivity contribution in [2.75, 3.05) is 6.54 Å². The number of ether oxygens (including phenoxy) is 1. The van der Waals surface area contributed by atoms with Crippen molar-refractivity contribution < 1.29 is 9.53 Å². The zero-order valence-corrected chi connectivity index (χ0v) is 18.0. The molecule has 0 atom stereocenters. The molecule has 0 spiro atoms. The van der Waals surface area contributed by atoms with E-state index < -0.39 is 0 Å². The van der Waals surface area contributed by atoms with E-state index in [0.717, 1.165) is 38.0 Å². The number of hydrogen-bond donors (Lipinski definition) is 1. The minimum absolute atomic E-state index is 0.0829. The summed E-state index contributed by atoms with van der Waals surface area (Å²) >= 11 is 6.96. The molecule has 0 radical (unpaired) electrons. The summed E-state index contributed by atoms with van der Waals surface area (Å²) in [6, 6.07) is 21.3. The Balaban J connectivity index is 1.52. The van der Waals surface area contributed by atoms with Crippen LogP contribution in [0.25, 0.3) is 0 Å². The molecular formula is C22H19Br2NO2. The fourth-order valence-corrected chi connectivity index (χ4v) is 3.73. The highest BCUT2D eigenvalue weighted by atomic mass is 79.9. The molecular weight excluding hydrogens is 470 g/mol. The highest BCUT2D eigenvalue weighted by Gasteiger charge is 2.10. The predicted octanol–water partition coefficient (Wildman–Crippen LogP) is 6.28. The summed E-state index contributed by atoms with van der Waals surface area (Å²) in [5.41, 5.74) is 2.84. The molecule has 0 aliphatic heterocycles. The Hall–Kier alpha value is -2.11. The largest absolute Gasteiger partial charge is 0.457 e. The van der Waals surface area contributed by atoms with Crippen LogP contribution in [0.5, 0.6) is 11.5 Å². The summed E-state index contributed by atoms with van der Waals surface area (Å²) in [6.07, 6.45) is 0.756. The van der Waals surface area contributed by atoms with E-state index in [9.17, 15) is 4.79 Å². The van der Waals surface area contributed by atoms with Crippen LogP contribution in [0, 0.1) is 6.92 Å². The minimum Gasteiger partial charge on any atom is -0.457 e. The van der Waals surface area contributed by atoms with Crippen molar-refractivity contribution in [1.29, 1.82) is 0 Å². The molecule has 3 rings (SSSR count). The predicted molar refractivity (Wildman–Crippen MR) is 116 cm³/mol. The number of hydrogen-bond acceptors (Lipinski definition) is 2. The van der Waals surface area contributed by atoms with E-state index in [1.165, 1.54) is 0 Å². The maximum Gasteiger partial charge on any atom is 0.251 e. The van der Waals surface area contributed by atoms with E-state index in [2.05, 4.69) is 37.2 Å². The number of benzene rings is 3. The van der Waals surface area contributed by atoms with Crippen molar-refractivity contribution in [2.45, 2.75) is 13.3 Å². The lowest BCUT2D eigenvalue weighted by Gasteiger charge is -2.09. The number of rotatable bonds is 6. The third-order valence-electron chi connectivity index (χ3n) is 4.14. The van der Waals surface area contributed by atoms with E-state index >= 15 is 0 Å².